The van der Waals surface area contributed by atoms with Crippen LogP contribution in [-0.2, 0) is 0 Å². The lowest BCUT2D eigenvalue weighted by molar-refractivity contribution is 0.0893. The fourth-order valence-electron chi connectivity index (χ4n) is 2.13. The largest absolute Gasteiger partial charge is 0.346 e. The second-order valence-corrected chi connectivity index (χ2v) is 5.54. The number of nitrogens with two attached hydrogens (primary N) is 1. The first kappa shape index (κ1) is 19.7. The molecule has 1 rings (SSSR count). The molecular weight excluding hydrogens is 305 g/mol. The van der Waals surface area contributed by atoms with E-state index in [4.69, 9.17) is 5.73 Å². The van der Waals surface area contributed by atoms with E-state index in [9.17, 15) is 18.0 Å². The van der Waals surface area contributed by atoms with Crippen LogP contribution in [-0.4, -0.2) is 18.0 Å². The van der Waals surface area contributed by atoms with E-state index >= 15 is 0 Å². The molecule has 0 radical (unpaired) electrons. The Bertz CT molecular complexity index is 511. The SMILES string of the molecule is CC(C)CC(C)(CN)NC(=O)c1ccc(F)c(F)c1F.Cl. The molecule has 0 fully saturated rings. The minimum Gasteiger partial charge on any atom is -0.346 e. The van der Waals surface area contributed by atoms with E-state index in [-0.39, 0.29) is 24.9 Å². The van der Waals surface area contributed by atoms with Gasteiger partial charge in [-0.15, -0.1) is 12.4 Å². The Kier molecular flexibility index (Phi) is 7.19. The molecule has 120 valence electrons. The number of hydrogen-bond acceptors (Lipinski definition) is 2. The van der Waals surface area contributed by atoms with Gasteiger partial charge in [0.1, 0.15) is 0 Å². The molecular formula is C14H20ClF3N2O. The maximum atomic E-state index is 13.5. The fourth-order valence-corrected chi connectivity index (χ4v) is 2.13. The molecule has 7 heteroatoms. The van der Waals surface area contributed by atoms with Crippen LogP contribution in [0.5, 0.6) is 0 Å². The minimum absolute atomic E-state index is 0. The Morgan fingerprint density at radius 3 is 2.33 bits per heavy atom. The molecule has 0 heterocycles. The third-order valence-electron chi connectivity index (χ3n) is 3.00. The number of rotatable bonds is 5. The van der Waals surface area contributed by atoms with Gasteiger partial charge in [0, 0.05) is 12.1 Å². The fraction of sp³-hybridized carbons (Fsp3) is 0.500. The van der Waals surface area contributed by atoms with Crippen LogP contribution >= 0.6 is 12.4 Å². The van der Waals surface area contributed by atoms with Crippen LogP contribution in [0.25, 0.3) is 0 Å². The highest BCUT2D eigenvalue weighted by Crippen LogP contribution is 2.19. The topological polar surface area (TPSA) is 55.1 Å². The zero-order chi connectivity index (χ0) is 15.5. The van der Waals surface area contributed by atoms with Crippen molar-refractivity contribution in [2.24, 2.45) is 11.7 Å². The Labute approximate surface area is 128 Å². The number of amides is 1. The second kappa shape index (κ2) is 7.66. The summed E-state index contributed by atoms with van der Waals surface area (Å²) in [7, 11) is 0. The molecule has 1 amide bonds. The summed E-state index contributed by atoms with van der Waals surface area (Å²) in [6, 6.07) is 1.63. The Morgan fingerprint density at radius 2 is 1.86 bits per heavy atom. The van der Waals surface area contributed by atoms with Crippen molar-refractivity contribution < 1.29 is 18.0 Å². The molecule has 0 bridgehead atoms. The summed E-state index contributed by atoms with van der Waals surface area (Å²) in [5.74, 6) is -5.03. The van der Waals surface area contributed by atoms with Crippen molar-refractivity contribution >= 4 is 18.3 Å². The lowest BCUT2D eigenvalue weighted by Gasteiger charge is -2.31. The van der Waals surface area contributed by atoms with E-state index in [0.29, 0.717) is 6.42 Å². The van der Waals surface area contributed by atoms with Crippen LogP contribution < -0.4 is 11.1 Å². The molecule has 1 atom stereocenters. The zero-order valence-corrected chi connectivity index (χ0v) is 13.0. The summed E-state index contributed by atoms with van der Waals surface area (Å²) < 4.78 is 39.5. The van der Waals surface area contributed by atoms with Gasteiger partial charge < -0.3 is 11.1 Å². The van der Waals surface area contributed by atoms with Crippen LogP contribution in [0.4, 0.5) is 13.2 Å². The number of halogens is 4. The highest BCUT2D eigenvalue weighted by atomic mass is 35.5. The Morgan fingerprint density at radius 1 is 1.29 bits per heavy atom. The summed E-state index contributed by atoms with van der Waals surface area (Å²) in [4.78, 5) is 12.0. The summed E-state index contributed by atoms with van der Waals surface area (Å²) in [6.07, 6.45) is 0.584. The van der Waals surface area contributed by atoms with Crippen molar-refractivity contribution in [3.63, 3.8) is 0 Å². The van der Waals surface area contributed by atoms with Crippen LogP contribution in [0.2, 0.25) is 0 Å². The lowest BCUT2D eigenvalue weighted by Crippen LogP contribution is -2.52. The average Bonchev–Trinajstić information content (AvgIpc) is 2.34. The van der Waals surface area contributed by atoms with Crippen molar-refractivity contribution in [3.05, 3.63) is 35.1 Å². The molecule has 1 unspecified atom stereocenters. The molecule has 0 aliphatic heterocycles. The summed E-state index contributed by atoms with van der Waals surface area (Å²) in [6.45, 7) is 5.79. The van der Waals surface area contributed by atoms with Crippen LogP contribution in [0.1, 0.15) is 37.6 Å². The molecule has 0 saturated carbocycles. The van der Waals surface area contributed by atoms with Gasteiger partial charge in [0.2, 0.25) is 0 Å². The first-order valence-corrected chi connectivity index (χ1v) is 6.36. The van der Waals surface area contributed by atoms with E-state index < -0.39 is 34.5 Å². The zero-order valence-electron chi connectivity index (χ0n) is 12.2. The first-order valence-electron chi connectivity index (χ1n) is 6.36. The maximum absolute atomic E-state index is 13.5. The monoisotopic (exact) mass is 324 g/mol. The predicted molar refractivity (Wildman–Crippen MR) is 77.9 cm³/mol. The molecule has 0 aromatic heterocycles. The van der Waals surface area contributed by atoms with Gasteiger partial charge in [-0.3, -0.25) is 4.79 Å². The Balaban J connectivity index is 0.00000400. The maximum Gasteiger partial charge on any atom is 0.254 e. The number of carbonyl (C=O) groups excluding carboxylic acids is 1. The number of hydrogen-bond donors (Lipinski definition) is 2. The van der Waals surface area contributed by atoms with Crippen molar-refractivity contribution in [2.75, 3.05) is 6.54 Å². The van der Waals surface area contributed by atoms with Gasteiger partial charge in [-0.1, -0.05) is 13.8 Å². The average molecular weight is 325 g/mol. The first-order chi connectivity index (χ1) is 9.20. The number of nitrogens with one attached hydrogen (secondary N) is 1. The molecule has 0 saturated heterocycles. The molecule has 3 nitrogen and oxygen atoms in total. The highest BCUT2D eigenvalue weighted by molar-refractivity contribution is 5.95. The van der Waals surface area contributed by atoms with E-state index in [1.165, 1.54) is 0 Å². The summed E-state index contributed by atoms with van der Waals surface area (Å²) >= 11 is 0. The van der Waals surface area contributed by atoms with E-state index in [1.54, 1.807) is 6.92 Å². The molecule has 1 aromatic rings. The third kappa shape index (κ3) is 4.89. The number of carbonyl (C=O) groups is 1. The van der Waals surface area contributed by atoms with Gasteiger partial charge in [-0.05, 0) is 31.4 Å². The van der Waals surface area contributed by atoms with Crippen LogP contribution in [0.3, 0.4) is 0 Å². The quantitative estimate of drug-likeness (QED) is 0.818. The Hall–Kier alpha value is -1.27. The van der Waals surface area contributed by atoms with Crippen LogP contribution in [0.15, 0.2) is 12.1 Å². The van der Waals surface area contributed by atoms with Crippen molar-refractivity contribution in [2.45, 2.75) is 32.7 Å². The number of benzene rings is 1. The smallest absolute Gasteiger partial charge is 0.254 e. The third-order valence-corrected chi connectivity index (χ3v) is 3.00. The standard InChI is InChI=1S/C14H19F3N2O.ClH/c1-8(2)6-14(3,7-18)19-13(20)9-4-5-10(15)12(17)11(9)16;/h4-5,8H,6-7,18H2,1-3H3,(H,19,20);1H. The minimum atomic E-state index is -1.66. The molecule has 21 heavy (non-hydrogen) atoms. The van der Waals surface area contributed by atoms with E-state index in [1.807, 2.05) is 13.8 Å². The molecule has 1 aromatic carbocycles. The molecule has 0 aliphatic carbocycles. The second-order valence-electron chi connectivity index (χ2n) is 5.54. The molecule has 0 spiro atoms. The predicted octanol–water partition coefficient (Wildman–Crippen LogP) is 3.02. The molecule has 3 N–H and O–H groups in total. The van der Waals surface area contributed by atoms with E-state index in [2.05, 4.69) is 5.32 Å². The van der Waals surface area contributed by atoms with Crippen LogP contribution in [0, 0.1) is 23.4 Å². The van der Waals surface area contributed by atoms with Crippen molar-refractivity contribution in [3.8, 4) is 0 Å². The van der Waals surface area contributed by atoms with Gasteiger partial charge in [0.05, 0.1) is 5.56 Å². The van der Waals surface area contributed by atoms with Crippen molar-refractivity contribution in [1.82, 2.24) is 5.32 Å². The normalized spacial score (nSPS) is 13.5. The van der Waals surface area contributed by atoms with Gasteiger partial charge in [0.15, 0.2) is 17.5 Å². The van der Waals surface area contributed by atoms with Gasteiger partial charge in [-0.2, -0.15) is 0 Å². The van der Waals surface area contributed by atoms with E-state index in [0.717, 1.165) is 12.1 Å². The van der Waals surface area contributed by atoms with Gasteiger partial charge in [0.25, 0.3) is 5.91 Å². The lowest BCUT2D eigenvalue weighted by atomic mass is 9.90. The highest BCUT2D eigenvalue weighted by Gasteiger charge is 2.28. The van der Waals surface area contributed by atoms with Gasteiger partial charge >= 0.3 is 0 Å². The summed E-state index contributed by atoms with van der Waals surface area (Å²) in [5.41, 5.74) is 4.36. The summed E-state index contributed by atoms with van der Waals surface area (Å²) in [5, 5.41) is 2.59. The molecule has 0 aliphatic rings. The van der Waals surface area contributed by atoms with Crippen molar-refractivity contribution in [1.29, 1.82) is 0 Å². The van der Waals surface area contributed by atoms with Gasteiger partial charge in [-0.25, -0.2) is 13.2 Å².